The molecule has 0 bridgehead atoms. The first kappa shape index (κ1) is 15.4. The lowest BCUT2D eigenvalue weighted by Gasteiger charge is -2.48. The fourth-order valence-electron chi connectivity index (χ4n) is 3.32. The Labute approximate surface area is 129 Å². The van der Waals surface area contributed by atoms with E-state index < -0.39 is 17.8 Å². The first-order valence-corrected chi connectivity index (χ1v) is 7.78. The molecule has 2 aliphatic rings. The molecule has 1 aromatic heterocycles. The minimum atomic E-state index is -0.866. The van der Waals surface area contributed by atoms with Crippen molar-refractivity contribution in [2.45, 2.75) is 43.5 Å². The largest absolute Gasteiger partial charge is 0.390 e. The lowest BCUT2D eigenvalue weighted by molar-refractivity contribution is -0.214. The highest BCUT2D eigenvalue weighted by molar-refractivity contribution is 5.78. The van der Waals surface area contributed by atoms with Crippen molar-refractivity contribution < 1.29 is 19.7 Å². The summed E-state index contributed by atoms with van der Waals surface area (Å²) in [4.78, 5) is 18.3. The monoisotopic (exact) mass is 306 g/mol. The van der Waals surface area contributed by atoms with E-state index in [2.05, 4.69) is 4.98 Å². The Morgan fingerprint density at radius 2 is 2.14 bits per heavy atom. The highest BCUT2D eigenvalue weighted by atomic mass is 16.5. The van der Waals surface area contributed by atoms with Crippen LogP contribution in [0.2, 0.25) is 0 Å². The molecule has 22 heavy (non-hydrogen) atoms. The predicted molar refractivity (Wildman–Crippen MR) is 79.1 cm³/mol. The van der Waals surface area contributed by atoms with Crippen LogP contribution >= 0.6 is 0 Å². The van der Waals surface area contributed by atoms with E-state index in [9.17, 15) is 15.0 Å². The van der Waals surface area contributed by atoms with Crippen LogP contribution in [0.25, 0.3) is 0 Å². The molecule has 0 aromatic carbocycles. The van der Waals surface area contributed by atoms with E-state index in [0.717, 1.165) is 5.69 Å². The number of nitrogens with zero attached hydrogens (tertiary/aromatic N) is 2. The molecule has 1 amide bonds. The van der Waals surface area contributed by atoms with Crippen LogP contribution in [0.15, 0.2) is 24.4 Å². The zero-order valence-electron chi connectivity index (χ0n) is 12.5. The summed E-state index contributed by atoms with van der Waals surface area (Å²) in [6.45, 7) is 1.53. The number of carbonyl (C=O) groups excluding carboxylic acids is 1. The van der Waals surface area contributed by atoms with Gasteiger partial charge >= 0.3 is 0 Å². The summed E-state index contributed by atoms with van der Waals surface area (Å²) in [7, 11) is 0. The van der Waals surface area contributed by atoms with Gasteiger partial charge in [-0.1, -0.05) is 6.07 Å². The topological polar surface area (TPSA) is 82.9 Å². The van der Waals surface area contributed by atoms with Gasteiger partial charge in [-0.25, -0.2) is 0 Å². The van der Waals surface area contributed by atoms with Gasteiger partial charge in [0.25, 0.3) is 0 Å². The molecule has 1 spiro atoms. The van der Waals surface area contributed by atoms with E-state index in [1.54, 1.807) is 11.1 Å². The Hall–Kier alpha value is -1.50. The standard InChI is InChI=1S/C16H22N2O4/c19-13-4-10-22-16(15(13)21)5-8-18(9-6-16)14(20)11-12-3-1-2-7-17-12/h1-3,7,13,15,19,21H,4-6,8-11H2/t13-,15-/m0/s1. The fourth-order valence-corrected chi connectivity index (χ4v) is 3.32. The third kappa shape index (κ3) is 2.99. The Morgan fingerprint density at radius 3 is 2.82 bits per heavy atom. The molecule has 0 saturated carbocycles. The van der Waals surface area contributed by atoms with Gasteiger partial charge in [0.05, 0.1) is 24.7 Å². The maximum Gasteiger partial charge on any atom is 0.228 e. The number of rotatable bonds is 2. The van der Waals surface area contributed by atoms with Gasteiger partial charge < -0.3 is 19.8 Å². The van der Waals surface area contributed by atoms with Crippen molar-refractivity contribution in [3.8, 4) is 0 Å². The third-order valence-electron chi connectivity index (χ3n) is 4.73. The second-order valence-electron chi connectivity index (χ2n) is 6.09. The summed E-state index contributed by atoms with van der Waals surface area (Å²) in [6, 6.07) is 5.54. The van der Waals surface area contributed by atoms with Crippen LogP contribution in [0.5, 0.6) is 0 Å². The Kier molecular flexibility index (Phi) is 4.42. The van der Waals surface area contributed by atoms with Crippen molar-refractivity contribution in [2.75, 3.05) is 19.7 Å². The number of carbonyl (C=O) groups is 1. The van der Waals surface area contributed by atoms with Crippen molar-refractivity contribution >= 4 is 5.91 Å². The number of aliphatic hydroxyl groups excluding tert-OH is 2. The molecule has 2 saturated heterocycles. The molecule has 0 radical (unpaired) electrons. The number of likely N-dealkylation sites (tertiary alicyclic amines) is 1. The number of hydrogen-bond donors (Lipinski definition) is 2. The summed E-state index contributed by atoms with van der Waals surface area (Å²) in [5.74, 6) is 0.0411. The summed E-state index contributed by atoms with van der Waals surface area (Å²) < 4.78 is 5.78. The van der Waals surface area contributed by atoms with Gasteiger partial charge in [-0.2, -0.15) is 0 Å². The van der Waals surface area contributed by atoms with Gasteiger partial charge in [0.15, 0.2) is 0 Å². The highest BCUT2D eigenvalue weighted by Gasteiger charge is 2.47. The van der Waals surface area contributed by atoms with Crippen LogP contribution in [0.1, 0.15) is 25.0 Å². The molecule has 3 rings (SSSR count). The van der Waals surface area contributed by atoms with Crippen LogP contribution < -0.4 is 0 Å². The molecule has 2 fully saturated rings. The van der Waals surface area contributed by atoms with E-state index in [1.807, 2.05) is 18.2 Å². The molecule has 0 unspecified atom stereocenters. The first-order chi connectivity index (χ1) is 10.6. The Balaban J connectivity index is 1.58. The molecule has 2 aliphatic heterocycles. The molecule has 3 heterocycles. The summed E-state index contributed by atoms with van der Waals surface area (Å²) >= 11 is 0. The third-order valence-corrected chi connectivity index (χ3v) is 4.73. The van der Waals surface area contributed by atoms with Crippen molar-refractivity contribution in [3.05, 3.63) is 30.1 Å². The van der Waals surface area contributed by atoms with Crippen molar-refractivity contribution in [1.82, 2.24) is 9.88 Å². The number of pyridine rings is 1. The number of aromatic nitrogens is 1. The quantitative estimate of drug-likeness (QED) is 0.811. The number of ether oxygens (including phenoxy) is 1. The molecular weight excluding hydrogens is 284 g/mol. The molecule has 1 aromatic rings. The Bertz CT molecular complexity index is 514. The van der Waals surface area contributed by atoms with Crippen molar-refractivity contribution in [1.29, 1.82) is 0 Å². The SMILES string of the molecule is O=C(Cc1ccccn1)N1CCC2(CC1)OCC[C@H](O)[C@@H]2O. The second kappa shape index (κ2) is 6.32. The zero-order chi connectivity index (χ0) is 15.6. The van der Waals surface area contributed by atoms with Gasteiger partial charge in [-0.05, 0) is 31.4 Å². The molecule has 120 valence electrons. The number of hydrogen-bond acceptors (Lipinski definition) is 5. The smallest absolute Gasteiger partial charge is 0.228 e. The average Bonchev–Trinajstić information content (AvgIpc) is 2.54. The molecule has 0 aliphatic carbocycles. The normalized spacial score (nSPS) is 27.8. The predicted octanol–water partition coefficient (Wildman–Crippen LogP) is 0.127. The minimum Gasteiger partial charge on any atom is -0.390 e. The maximum absolute atomic E-state index is 12.3. The summed E-state index contributed by atoms with van der Waals surface area (Å²) in [5.41, 5.74) is 0.0663. The van der Waals surface area contributed by atoms with E-state index in [4.69, 9.17) is 4.74 Å². The van der Waals surface area contributed by atoms with Crippen LogP contribution in [-0.2, 0) is 16.0 Å². The summed E-state index contributed by atoms with van der Waals surface area (Å²) in [5, 5.41) is 20.1. The van der Waals surface area contributed by atoms with Gasteiger partial charge in [0, 0.05) is 25.0 Å². The van der Waals surface area contributed by atoms with Crippen molar-refractivity contribution in [3.63, 3.8) is 0 Å². The van der Waals surface area contributed by atoms with E-state index in [-0.39, 0.29) is 5.91 Å². The number of aliphatic hydroxyl groups is 2. The molecular formula is C16H22N2O4. The van der Waals surface area contributed by atoms with Crippen molar-refractivity contribution in [2.24, 2.45) is 0 Å². The Morgan fingerprint density at radius 1 is 1.36 bits per heavy atom. The van der Waals surface area contributed by atoms with Crippen LogP contribution in [0.4, 0.5) is 0 Å². The van der Waals surface area contributed by atoms with Crippen LogP contribution in [0.3, 0.4) is 0 Å². The van der Waals surface area contributed by atoms with E-state index in [0.29, 0.717) is 45.4 Å². The second-order valence-corrected chi connectivity index (χ2v) is 6.09. The average molecular weight is 306 g/mol. The van der Waals surface area contributed by atoms with Gasteiger partial charge in [-0.15, -0.1) is 0 Å². The highest BCUT2D eigenvalue weighted by Crippen LogP contribution is 2.35. The van der Waals surface area contributed by atoms with Gasteiger partial charge in [-0.3, -0.25) is 9.78 Å². The molecule has 6 nitrogen and oxygen atoms in total. The minimum absolute atomic E-state index is 0.0411. The van der Waals surface area contributed by atoms with E-state index in [1.165, 1.54) is 0 Å². The number of piperidine rings is 1. The maximum atomic E-state index is 12.3. The van der Waals surface area contributed by atoms with Crippen LogP contribution in [0, 0.1) is 0 Å². The fraction of sp³-hybridized carbons (Fsp3) is 0.625. The number of amides is 1. The molecule has 2 atom stereocenters. The molecule has 6 heteroatoms. The van der Waals surface area contributed by atoms with E-state index >= 15 is 0 Å². The van der Waals surface area contributed by atoms with Gasteiger partial charge in [0.1, 0.15) is 6.10 Å². The first-order valence-electron chi connectivity index (χ1n) is 7.78. The zero-order valence-corrected chi connectivity index (χ0v) is 12.5. The molecule has 2 N–H and O–H groups in total. The van der Waals surface area contributed by atoms with Crippen LogP contribution in [-0.4, -0.2) is 63.5 Å². The summed E-state index contributed by atoms with van der Waals surface area (Å²) in [6.07, 6.45) is 1.95. The lowest BCUT2D eigenvalue weighted by Crippen LogP contribution is -2.60. The van der Waals surface area contributed by atoms with Gasteiger partial charge in [0.2, 0.25) is 5.91 Å². The lowest BCUT2D eigenvalue weighted by atomic mass is 9.80.